The lowest BCUT2D eigenvalue weighted by molar-refractivity contribution is -0.146. The van der Waals surface area contributed by atoms with Crippen LogP contribution in [0.25, 0.3) is 0 Å². The topological polar surface area (TPSA) is 63.6 Å². The Balaban J connectivity index is 3.49. The van der Waals surface area contributed by atoms with E-state index in [1.54, 1.807) is 7.11 Å². The number of carboxylic acid groups (broad SMARTS) is 1. The Morgan fingerprint density at radius 1 is 0.487 bits per heavy atom. The molecule has 0 aromatic carbocycles. The molecule has 0 radical (unpaired) electrons. The lowest BCUT2D eigenvalue weighted by atomic mass is 9.94. The number of esters is 1. The number of methoxy groups -OCH3 is 1. The van der Waals surface area contributed by atoms with Crippen molar-refractivity contribution in [1.29, 1.82) is 0 Å². The van der Waals surface area contributed by atoms with Gasteiger partial charge in [0.15, 0.2) is 0 Å². The summed E-state index contributed by atoms with van der Waals surface area (Å²) in [6.45, 7) is 2.28. The Labute approximate surface area is 243 Å². The number of rotatable bonds is 32. The Bertz CT molecular complexity index is 519. The minimum absolute atomic E-state index is 0.0104. The average molecular weight is 553 g/mol. The van der Waals surface area contributed by atoms with Crippen LogP contribution in [0, 0.1) is 5.92 Å². The molecular weight excluding hydrogens is 484 g/mol. The molecule has 0 saturated heterocycles. The molecule has 1 N–H and O–H groups in total. The quantitative estimate of drug-likeness (QED) is 0.0665. The predicted molar refractivity (Wildman–Crippen MR) is 167 cm³/mol. The number of ether oxygens (including phenoxy) is 1. The largest absolute Gasteiger partial charge is 0.481 e. The van der Waals surface area contributed by atoms with Crippen LogP contribution in [0.3, 0.4) is 0 Å². The molecule has 1 unspecified atom stereocenters. The maximum atomic E-state index is 12.2. The van der Waals surface area contributed by atoms with Crippen molar-refractivity contribution in [2.75, 3.05) is 7.11 Å². The molecule has 0 saturated carbocycles. The lowest BCUT2D eigenvalue weighted by Crippen LogP contribution is -2.16. The standard InChI is InChI=1S/C35H68O4/c1-3-4-5-6-7-8-9-15-18-21-24-27-30-33(35(38)39-2)31-28-25-22-19-16-13-11-10-12-14-17-20-23-26-29-32-34(36)37/h33H,3-32H2,1-2H3,(H,36,37). The zero-order chi connectivity index (χ0) is 28.7. The SMILES string of the molecule is CCCCCCCCCCCCCCC(CCCCCCCCCCCCCCCCCC(=O)O)C(=O)OC. The summed E-state index contributed by atoms with van der Waals surface area (Å²) in [5.74, 6) is -0.540. The van der Waals surface area contributed by atoms with E-state index in [0.29, 0.717) is 6.42 Å². The molecule has 39 heavy (non-hydrogen) atoms. The summed E-state index contributed by atoms with van der Waals surface area (Å²) in [6.07, 6.45) is 37.4. The third kappa shape index (κ3) is 29.7. The van der Waals surface area contributed by atoms with E-state index in [2.05, 4.69) is 6.92 Å². The second-order valence-electron chi connectivity index (χ2n) is 12.1. The number of hydrogen-bond acceptors (Lipinski definition) is 3. The molecule has 0 rings (SSSR count). The van der Waals surface area contributed by atoms with Crippen molar-refractivity contribution in [3.63, 3.8) is 0 Å². The van der Waals surface area contributed by atoms with Crippen LogP contribution in [0.2, 0.25) is 0 Å². The second-order valence-corrected chi connectivity index (χ2v) is 12.1. The normalized spacial score (nSPS) is 12.1. The first-order valence-electron chi connectivity index (χ1n) is 17.4. The van der Waals surface area contributed by atoms with Crippen LogP contribution in [0.4, 0.5) is 0 Å². The highest BCUT2D eigenvalue weighted by atomic mass is 16.5. The molecule has 0 bridgehead atoms. The van der Waals surface area contributed by atoms with Crippen LogP contribution >= 0.6 is 0 Å². The number of carboxylic acids is 1. The zero-order valence-electron chi connectivity index (χ0n) is 26.5. The summed E-state index contributed by atoms with van der Waals surface area (Å²) in [4.78, 5) is 22.7. The van der Waals surface area contributed by atoms with Crippen LogP contribution in [-0.4, -0.2) is 24.2 Å². The van der Waals surface area contributed by atoms with E-state index in [0.717, 1.165) is 32.1 Å². The van der Waals surface area contributed by atoms with Crippen LogP contribution in [0.1, 0.15) is 200 Å². The fourth-order valence-corrected chi connectivity index (χ4v) is 5.74. The molecule has 0 fully saturated rings. The molecule has 4 nitrogen and oxygen atoms in total. The molecule has 0 amide bonds. The molecule has 0 aromatic rings. The van der Waals surface area contributed by atoms with Gasteiger partial charge in [0, 0.05) is 6.42 Å². The van der Waals surface area contributed by atoms with Gasteiger partial charge in [-0.2, -0.15) is 0 Å². The summed E-state index contributed by atoms with van der Waals surface area (Å²) in [5.41, 5.74) is 0. The molecule has 0 aromatic heterocycles. The molecule has 232 valence electrons. The number of carbonyl (C=O) groups is 2. The molecule has 0 aliphatic carbocycles. The second kappa shape index (κ2) is 31.5. The van der Waals surface area contributed by atoms with E-state index in [9.17, 15) is 9.59 Å². The fourth-order valence-electron chi connectivity index (χ4n) is 5.74. The molecular formula is C35H68O4. The summed E-state index contributed by atoms with van der Waals surface area (Å²) in [7, 11) is 1.54. The van der Waals surface area contributed by atoms with Crippen molar-refractivity contribution >= 4 is 11.9 Å². The Morgan fingerprint density at radius 3 is 1.05 bits per heavy atom. The molecule has 1 atom stereocenters. The van der Waals surface area contributed by atoms with Gasteiger partial charge in [-0.15, -0.1) is 0 Å². The van der Waals surface area contributed by atoms with Crippen LogP contribution < -0.4 is 0 Å². The van der Waals surface area contributed by atoms with E-state index in [1.807, 2.05) is 0 Å². The van der Waals surface area contributed by atoms with Crippen molar-refractivity contribution < 1.29 is 19.4 Å². The monoisotopic (exact) mass is 553 g/mol. The Kier molecular flexibility index (Phi) is 30.6. The smallest absolute Gasteiger partial charge is 0.308 e. The third-order valence-corrected chi connectivity index (χ3v) is 8.38. The molecule has 0 spiro atoms. The summed E-state index contributed by atoms with van der Waals surface area (Å²) >= 11 is 0. The highest BCUT2D eigenvalue weighted by molar-refractivity contribution is 5.72. The highest BCUT2D eigenvalue weighted by Crippen LogP contribution is 2.21. The van der Waals surface area contributed by atoms with E-state index in [-0.39, 0.29) is 11.9 Å². The van der Waals surface area contributed by atoms with E-state index in [4.69, 9.17) is 9.84 Å². The minimum atomic E-state index is -0.664. The maximum absolute atomic E-state index is 12.2. The van der Waals surface area contributed by atoms with Crippen LogP contribution in [0.5, 0.6) is 0 Å². The van der Waals surface area contributed by atoms with Crippen molar-refractivity contribution in [1.82, 2.24) is 0 Å². The molecule has 0 aliphatic heterocycles. The van der Waals surface area contributed by atoms with Gasteiger partial charge < -0.3 is 9.84 Å². The predicted octanol–water partition coefficient (Wildman–Crippen LogP) is 11.6. The average Bonchev–Trinajstić information content (AvgIpc) is 2.93. The number of hydrogen-bond donors (Lipinski definition) is 1. The van der Waals surface area contributed by atoms with E-state index < -0.39 is 5.97 Å². The minimum Gasteiger partial charge on any atom is -0.481 e. The van der Waals surface area contributed by atoms with Gasteiger partial charge in [0.25, 0.3) is 0 Å². The van der Waals surface area contributed by atoms with Gasteiger partial charge in [0.1, 0.15) is 0 Å². The van der Waals surface area contributed by atoms with Crippen molar-refractivity contribution in [3.05, 3.63) is 0 Å². The first-order valence-corrected chi connectivity index (χ1v) is 17.4. The van der Waals surface area contributed by atoms with Gasteiger partial charge in [-0.1, -0.05) is 174 Å². The van der Waals surface area contributed by atoms with Gasteiger partial charge in [0.05, 0.1) is 13.0 Å². The third-order valence-electron chi connectivity index (χ3n) is 8.38. The fraction of sp³-hybridized carbons (Fsp3) is 0.943. The van der Waals surface area contributed by atoms with Gasteiger partial charge in [0.2, 0.25) is 0 Å². The maximum Gasteiger partial charge on any atom is 0.308 e. The van der Waals surface area contributed by atoms with Crippen molar-refractivity contribution in [2.45, 2.75) is 200 Å². The number of carbonyl (C=O) groups excluding carboxylic acids is 1. The van der Waals surface area contributed by atoms with Gasteiger partial charge in [-0.05, 0) is 19.3 Å². The molecule has 0 aliphatic rings. The summed E-state index contributed by atoms with van der Waals surface area (Å²) in [6, 6.07) is 0. The first-order chi connectivity index (χ1) is 19.1. The van der Waals surface area contributed by atoms with Gasteiger partial charge >= 0.3 is 11.9 Å². The first kappa shape index (κ1) is 37.9. The van der Waals surface area contributed by atoms with E-state index >= 15 is 0 Å². The van der Waals surface area contributed by atoms with Crippen LogP contribution in [0.15, 0.2) is 0 Å². The van der Waals surface area contributed by atoms with E-state index in [1.165, 1.54) is 154 Å². The van der Waals surface area contributed by atoms with Crippen molar-refractivity contribution in [3.8, 4) is 0 Å². The summed E-state index contributed by atoms with van der Waals surface area (Å²) < 4.78 is 5.10. The lowest BCUT2D eigenvalue weighted by Gasteiger charge is -2.14. The summed E-state index contributed by atoms with van der Waals surface area (Å²) in [5, 5.41) is 8.64. The molecule has 4 heteroatoms. The highest BCUT2D eigenvalue weighted by Gasteiger charge is 2.18. The van der Waals surface area contributed by atoms with Crippen LogP contribution in [-0.2, 0) is 14.3 Å². The van der Waals surface area contributed by atoms with Gasteiger partial charge in [-0.3, -0.25) is 9.59 Å². The Morgan fingerprint density at radius 2 is 0.769 bits per heavy atom. The number of unbranched alkanes of at least 4 members (excludes halogenated alkanes) is 25. The Hall–Kier alpha value is -1.06. The van der Waals surface area contributed by atoms with Gasteiger partial charge in [-0.25, -0.2) is 0 Å². The molecule has 0 heterocycles. The zero-order valence-corrected chi connectivity index (χ0v) is 26.5. The van der Waals surface area contributed by atoms with Crippen molar-refractivity contribution in [2.24, 2.45) is 5.92 Å². The number of aliphatic carboxylic acids is 1.